The van der Waals surface area contributed by atoms with Gasteiger partial charge >= 0.3 is 5.97 Å². The highest BCUT2D eigenvalue weighted by molar-refractivity contribution is 7.80. The van der Waals surface area contributed by atoms with Crippen molar-refractivity contribution in [2.45, 2.75) is 6.61 Å². The molecule has 1 fully saturated rings. The van der Waals surface area contributed by atoms with Gasteiger partial charge in [-0.3, -0.25) is 9.69 Å². The normalized spacial score (nSPS) is 14.3. The van der Waals surface area contributed by atoms with E-state index in [0.717, 1.165) is 11.1 Å². The van der Waals surface area contributed by atoms with Crippen LogP contribution in [-0.4, -0.2) is 29.2 Å². The number of hydrogen-bond donors (Lipinski definition) is 2. The van der Waals surface area contributed by atoms with Crippen LogP contribution in [0.4, 0.5) is 5.69 Å². The van der Waals surface area contributed by atoms with Crippen molar-refractivity contribution in [3.05, 3.63) is 95.2 Å². The van der Waals surface area contributed by atoms with E-state index in [-0.39, 0.29) is 11.5 Å². The standard InChI is InChI=1S/C25H20N2O5S/c1-31-20-12-8-19(9-13-20)27-23(28)22(26-25(27)33)14-16-4-10-21(11-5-16)32-15-17-2-6-18(7-3-17)24(29)30/h2-14H,15H2,1H3,(H,26,33)(H,29,30). The topological polar surface area (TPSA) is 88.1 Å². The van der Waals surface area contributed by atoms with Gasteiger partial charge < -0.3 is 19.9 Å². The minimum Gasteiger partial charge on any atom is -0.497 e. The summed E-state index contributed by atoms with van der Waals surface area (Å²) in [7, 11) is 1.58. The van der Waals surface area contributed by atoms with Gasteiger partial charge in [-0.1, -0.05) is 24.3 Å². The van der Waals surface area contributed by atoms with Crippen LogP contribution < -0.4 is 19.7 Å². The third kappa shape index (κ3) is 5.02. The number of aromatic carboxylic acids is 1. The molecule has 0 bridgehead atoms. The fraction of sp³-hybridized carbons (Fsp3) is 0.0800. The minimum atomic E-state index is -0.963. The van der Waals surface area contributed by atoms with Gasteiger partial charge in [0.15, 0.2) is 5.11 Å². The molecule has 1 amide bonds. The molecule has 1 aliphatic rings. The fourth-order valence-corrected chi connectivity index (χ4v) is 3.54. The fourth-order valence-electron chi connectivity index (χ4n) is 3.24. The lowest BCUT2D eigenvalue weighted by Gasteiger charge is -2.14. The molecule has 2 N–H and O–H groups in total. The summed E-state index contributed by atoms with van der Waals surface area (Å²) in [4.78, 5) is 25.2. The predicted molar refractivity (Wildman–Crippen MR) is 128 cm³/mol. The number of carboxylic acids is 1. The quantitative estimate of drug-likeness (QED) is 0.403. The van der Waals surface area contributed by atoms with E-state index >= 15 is 0 Å². The summed E-state index contributed by atoms with van der Waals surface area (Å²) in [6, 6.07) is 20.9. The molecule has 1 aliphatic heterocycles. The van der Waals surface area contributed by atoms with Crippen molar-refractivity contribution < 1.29 is 24.2 Å². The second-order valence-corrected chi connectivity index (χ2v) is 7.57. The van der Waals surface area contributed by atoms with Crippen LogP contribution >= 0.6 is 12.2 Å². The number of amides is 1. The Labute approximate surface area is 195 Å². The Morgan fingerprint density at radius 2 is 1.64 bits per heavy atom. The molecule has 1 heterocycles. The first-order valence-electron chi connectivity index (χ1n) is 10.0. The van der Waals surface area contributed by atoms with Crippen LogP contribution in [-0.2, 0) is 11.4 Å². The van der Waals surface area contributed by atoms with Crippen molar-refractivity contribution in [1.82, 2.24) is 5.32 Å². The van der Waals surface area contributed by atoms with Gasteiger partial charge in [0.05, 0.1) is 18.4 Å². The Morgan fingerprint density at radius 3 is 2.24 bits per heavy atom. The summed E-state index contributed by atoms with van der Waals surface area (Å²) in [5, 5.41) is 12.2. The molecular weight excluding hydrogens is 440 g/mol. The highest BCUT2D eigenvalue weighted by Gasteiger charge is 2.31. The number of carboxylic acid groups (broad SMARTS) is 1. The molecule has 4 rings (SSSR count). The van der Waals surface area contributed by atoms with E-state index in [1.807, 2.05) is 12.1 Å². The summed E-state index contributed by atoms with van der Waals surface area (Å²) in [6.45, 7) is 0.311. The van der Waals surface area contributed by atoms with Crippen LogP contribution in [0.2, 0.25) is 0 Å². The SMILES string of the molecule is COc1ccc(N2C(=O)C(=Cc3ccc(OCc4ccc(C(=O)O)cc4)cc3)NC2=S)cc1. The highest BCUT2D eigenvalue weighted by atomic mass is 32.1. The lowest BCUT2D eigenvalue weighted by molar-refractivity contribution is -0.113. The van der Waals surface area contributed by atoms with Crippen molar-refractivity contribution >= 4 is 41.0 Å². The second-order valence-electron chi connectivity index (χ2n) is 7.19. The lowest BCUT2D eigenvalue weighted by atomic mass is 10.1. The van der Waals surface area contributed by atoms with Crippen LogP contribution in [0.3, 0.4) is 0 Å². The number of rotatable bonds is 7. The van der Waals surface area contributed by atoms with Gasteiger partial charge in [0.25, 0.3) is 5.91 Å². The van der Waals surface area contributed by atoms with Gasteiger partial charge in [0.2, 0.25) is 0 Å². The van der Waals surface area contributed by atoms with E-state index in [2.05, 4.69) is 5.32 Å². The zero-order valence-electron chi connectivity index (χ0n) is 17.6. The predicted octanol–water partition coefficient (Wildman–Crippen LogP) is 4.23. The van der Waals surface area contributed by atoms with Crippen molar-refractivity contribution in [2.75, 3.05) is 12.0 Å². The van der Waals surface area contributed by atoms with Gasteiger partial charge in [-0.25, -0.2) is 4.79 Å². The first-order valence-corrected chi connectivity index (χ1v) is 10.4. The van der Waals surface area contributed by atoms with Crippen molar-refractivity contribution in [3.63, 3.8) is 0 Å². The maximum atomic E-state index is 12.9. The van der Waals surface area contributed by atoms with Gasteiger partial charge in [0, 0.05) is 0 Å². The lowest BCUT2D eigenvalue weighted by Crippen LogP contribution is -2.30. The van der Waals surface area contributed by atoms with Gasteiger partial charge in [-0.2, -0.15) is 0 Å². The number of hydrogen-bond acceptors (Lipinski definition) is 5. The van der Waals surface area contributed by atoms with E-state index in [9.17, 15) is 9.59 Å². The van der Waals surface area contributed by atoms with Crippen LogP contribution in [0.15, 0.2) is 78.5 Å². The van der Waals surface area contributed by atoms with Crippen LogP contribution in [0.25, 0.3) is 6.08 Å². The van der Waals surface area contributed by atoms with E-state index in [1.54, 1.807) is 73.8 Å². The summed E-state index contributed by atoms with van der Waals surface area (Å²) in [5.41, 5.74) is 2.93. The third-order valence-corrected chi connectivity index (χ3v) is 5.29. The Bertz CT molecular complexity index is 1220. The first kappa shape index (κ1) is 22.0. The maximum Gasteiger partial charge on any atom is 0.335 e. The van der Waals surface area contributed by atoms with E-state index in [4.69, 9.17) is 26.8 Å². The summed E-state index contributed by atoms with van der Waals surface area (Å²) >= 11 is 5.35. The Kier molecular flexibility index (Phi) is 6.37. The van der Waals surface area contributed by atoms with E-state index in [1.165, 1.54) is 4.90 Å². The number of carbonyl (C=O) groups is 2. The molecule has 0 aromatic heterocycles. The Balaban J connectivity index is 1.41. The van der Waals surface area contributed by atoms with Crippen molar-refractivity contribution in [3.8, 4) is 11.5 Å². The zero-order valence-corrected chi connectivity index (χ0v) is 18.5. The van der Waals surface area contributed by atoms with Crippen LogP contribution in [0.5, 0.6) is 11.5 Å². The summed E-state index contributed by atoms with van der Waals surface area (Å²) in [6.07, 6.45) is 1.73. The van der Waals surface area contributed by atoms with Gasteiger partial charge in [-0.15, -0.1) is 0 Å². The maximum absolute atomic E-state index is 12.9. The summed E-state index contributed by atoms with van der Waals surface area (Å²) in [5.74, 6) is 0.144. The first-order chi connectivity index (χ1) is 15.9. The zero-order chi connectivity index (χ0) is 23.4. The molecule has 0 atom stereocenters. The molecule has 0 radical (unpaired) electrons. The Hall–Kier alpha value is -4.17. The molecule has 3 aromatic carbocycles. The second kappa shape index (κ2) is 9.54. The average Bonchev–Trinajstić information content (AvgIpc) is 3.11. The number of methoxy groups -OCH3 is 1. The molecule has 7 nitrogen and oxygen atoms in total. The molecular formula is C25H20N2O5S. The molecule has 166 valence electrons. The number of carbonyl (C=O) groups excluding carboxylic acids is 1. The molecule has 1 saturated heterocycles. The highest BCUT2D eigenvalue weighted by Crippen LogP contribution is 2.25. The van der Waals surface area contributed by atoms with E-state index in [0.29, 0.717) is 34.6 Å². The number of anilines is 1. The Morgan fingerprint density at radius 1 is 1.00 bits per heavy atom. The minimum absolute atomic E-state index is 0.233. The van der Waals surface area contributed by atoms with E-state index < -0.39 is 5.97 Å². The van der Waals surface area contributed by atoms with Gasteiger partial charge in [0.1, 0.15) is 23.8 Å². The molecule has 8 heteroatoms. The van der Waals surface area contributed by atoms with Crippen LogP contribution in [0, 0.1) is 0 Å². The van der Waals surface area contributed by atoms with Crippen LogP contribution in [0.1, 0.15) is 21.5 Å². The number of nitrogens with one attached hydrogen (secondary N) is 1. The van der Waals surface area contributed by atoms with Crippen molar-refractivity contribution in [1.29, 1.82) is 0 Å². The third-order valence-electron chi connectivity index (χ3n) is 5.01. The average molecular weight is 461 g/mol. The largest absolute Gasteiger partial charge is 0.497 e. The summed E-state index contributed by atoms with van der Waals surface area (Å²) < 4.78 is 10.9. The molecule has 33 heavy (non-hydrogen) atoms. The molecule has 0 saturated carbocycles. The molecule has 3 aromatic rings. The number of thiocarbonyl (C=S) groups is 1. The molecule has 0 aliphatic carbocycles. The number of nitrogens with zero attached hydrogens (tertiary/aromatic N) is 1. The monoisotopic (exact) mass is 460 g/mol. The van der Waals surface area contributed by atoms with Crippen molar-refractivity contribution in [2.24, 2.45) is 0 Å². The molecule has 0 spiro atoms. The smallest absolute Gasteiger partial charge is 0.335 e. The number of benzene rings is 3. The molecule has 0 unspecified atom stereocenters. The number of ether oxygens (including phenoxy) is 2. The van der Waals surface area contributed by atoms with Gasteiger partial charge in [-0.05, 0) is 78.0 Å².